The van der Waals surface area contributed by atoms with Crippen LogP contribution in [0.15, 0.2) is 36.4 Å². The summed E-state index contributed by atoms with van der Waals surface area (Å²) in [7, 11) is 0. The van der Waals surface area contributed by atoms with Gasteiger partial charge in [-0.15, -0.1) is 0 Å². The Labute approximate surface area is 89.0 Å². The summed E-state index contributed by atoms with van der Waals surface area (Å²) in [6.07, 6.45) is 0. The predicted molar refractivity (Wildman–Crippen MR) is 57.6 cm³/mol. The molecule has 0 spiro atoms. The Bertz CT molecular complexity index is 352. The molecule has 0 atom stereocenters. The zero-order valence-electron chi connectivity index (χ0n) is 8.69. The summed E-state index contributed by atoms with van der Waals surface area (Å²) in [4.78, 5) is 10.4. The lowest BCUT2D eigenvalue weighted by atomic mass is 10.2. The number of aryl methyl sites for hydroxylation is 1. The Morgan fingerprint density at radius 2 is 2.00 bits per heavy atom. The van der Waals surface area contributed by atoms with Crippen LogP contribution in [0.3, 0.4) is 0 Å². The highest BCUT2D eigenvalue weighted by atomic mass is 16.5. The topological polar surface area (TPSA) is 46.5 Å². The van der Waals surface area contributed by atoms with Crippen LogP contribution in [0.25, 0.3) is 0 Å². The first kappa shape index (κ1) is 11.5. The Kier molecular flexibility index (Phi) is 4.06. The van der Waals surface area contributed by atoms with Crippen molar-refractivity contribution in [1.29, 1.82) is 0 Å². The van der Waals surface area contributed by atoms with Crippen LogP contribution in [-0.4, -0.2) is 17.7 Å². The minimum absolute atomic E-state index is 0.0587. The minimum atomic E-state index is -1.01. The van der Waals surface area contributed by atoms with Gasteiger partial charge in [0.2, 0.25) is 0 Å². The van der Waals surface area contributed by atoms with E-state index in [-0.39, 0.29) is 12.2 Å². The second kappa shape index (κ2) is 5.32. The van der Waals surface area contributed by atoms with Gasteiger partial charge in [-0.05, 0) is 12.5 Å². The number of carboxylic acid groups (broad SMARTS) is 1. The van der Waals surface area contributed by atoms with E-state index in [1.165, 1.54) is 5.56 Å². The number of aliphatic carboxylic acids is 1. The SMILES string of the molecule is C=C(COCc1ccc(C)cc1)C(=O)O. The molecule has 1 N–H and O–H groups in total. The molecule has 0 heterocycles. The Morgan fingerprint density at radius 3 is 2.53 bits per heavy atom. The van der Waals surface area contributed by atoms with Gasteiger partial charge in [0.25, 0.3) is 0 Å². The number of ether oxygens (including phenoxy) is 1. The number of hydrogen-bond donors (Lipinski definition) is 1. The van der Waals surface area contributed by atoms with E-state index in [4.69, 9.17) is 9.84 Å². The van der Waals surface area contributed by atoms with Crippen molar-refractivity contribution >= 4 is 5.97 Å². The maximum absolute atomic E-state index is 10.4. The molecule has 1 rings (SSSR count). The predicted octanol–water partition coefficient (Wildman–Crippen LogP) is 2.15. The lowest BCUT2D eigenvalue weighted by Gasteiger charge is -2.04. The summed E-state index contributed by atoms with van der Waals surface area (Å²) in [5.41, 5.74) is 2.29. The molecule has 15 heavy (non-hydrogen) atoms. The van der Waals surface area contributed by atoms with Crippen LogP contribution < -0.4 is 0 Å². The summed E-state index contributed by atoms with van der Waals surface area (Å²) >= 11 is 0. The molecular formula is C12H14O3. The van der Waals surface area contributed by atoms with Gasteiger partial charge in [-0.3, -0.25) is 0 Å². The molecule has 0 fully saturated rings. The van der Waals surface area contributed by atoms with Gasteiger partial charge >= 0.3 is 5.97 Å². The van der Waals surface area contributed by atoms with E-state index < -0.39 is 5.97 Å². The lowest BCUT2D eigenvalue weighted by molar-refractivity contribution is -0.133. The first-order chi connectivity index (χ1) is 7.09. The lowest BCUT2D eigenvalue weighted by Crippen LogP contribution is -2.06. The fourth-order valence-corrected chi connectivity index (χ4v) is 1.04. The van der Waals surface area contributed by atoms with Gasteiger partial charge in [-0.25, -0.2) is 4.79 Å². The van der Waals surface area contributed by atoms with E-state index in [2.05, 4.69) is 6.58 Å². The Balaban J connectivity index is 2.35. The van der Waals surface area contributed by atoms with E-state index in [9.17, 15) is 4.79 Å². The molecule has 1 aromatic carbocycles. The maximum Gasteiger partial charge on any atom is 0.333 e. The molecule has 0 aliphatic rings. The molecule has 3 nitrogen and oxygen atoms in total. The van der Waals surface area contributed by atoms with Crippen LogP contribution in [0.1, 0.15) is 11.1 Å². The van der Waals surface area contributed by atoms with Crippen LogP contribution in [-0.2, 0) is 16.1 Å². The second-order valence-corrected chi connectivity index (χ2v) is 3.39. The molecule has 3 heteroatoms. The molecule has 0 unspecified atom stereocenters. The zero-order chi connectivity index (χ0) is 11.3. The van der Waals surface area contributed by atoms with Gasteiger partial charge in [-0.1, -0.05) is 36.4 Å². The quantitative estimate of drug-likeness (QED) is 0.751. The number of carbonyl (C=O) groups is 1. The van der Waals surface area contributed by atoms with E-state index in [0.717, 1.165) is 5.56 Å². The van der Waals surface area contributed by atoms with Crippen molar-refractivity contribution in [1.82, 2.24) is 0 Å². The van der Waals surface area contributed by atoms with Crippen molar-refractivity contribution in [3.8, 4) is 0 Å². The fourth-order valence-electron chi connectivity index (χ4n) is 1.04. The number of rotatable bonds is 5. The molecule has 80 valence electrons. The molecule has 0 aliphatic heterocycles. The van der Waals surface area contributed by atoms with E-state index in [1.54, 1.807) is 0 Å². The Hall–Kier alpha value is -1.61. The third-order valence-corrected chi connectivity index (χ3v) is 1.97. The first-order valence-corrected chi connectivity index (χ1v) is 4.64. The van der Waals surface area contributed by atoms with Crippen molar-refractivity contribution in [2.75, 3.05) is 6.61 Å². The smallest absolute Gasteiger partial charge is 0.333 e. The van der Waals surface area contributed by atoms with Gasteiger partial charge < -0.3 is 9.84 Å². The monoisotopic (exact) mass is 206 g/mol. The number of benzene rings is 1. The maximum atomic E-state index is 10.4. The zero-order valence-corrected chi connectivity index (χ0v) is 8.69. The van der Waals surface area contributed by atoms with Gasteiger partial charge in [0, 0.05) is 0 Å². The average Bonchev–Trinajstić information content (AvgIpc) is 2.20. The molecule has 0 aromatic heterocycles. The van der Waals surface area contributed by atoms with Crippen LogP contribution in [0.5, 0.6) is 0 Å². The molecule has 0 saturated heterocycles. The standard InChI is InChI=1S/C12H14O3/c1-9-3-5-11(6-4-9)8-15-7-10(2)12(13)14/h3-6H,2,7-8H2,1H3,(H,13,14). The van der Waals surface area contributed by atoms with E-state index >= 15 is 0 Å². The summed E-state index contributed by atoms with van der Waals surface area (Å²) in [6.45, 7) is 5.85. The van der Waals surface area contributed by atoms with Crippen molar-refractivity contribution in [3.63, 3.8) is 0 Å². The average molecular weight is 206 g/mol. The number of carboxylic acids is 1. The summed E-state index contributed by atoms with van der Waals surface area (Å²) in [6, 6.07) is 7.90. The van der Waals surface area contributed by atoms with Gasteiger partial charge in [0.05, 0.1) is 18.8 Å². The minimum Gasteiger partial charge on any atom is -0.478 e. The number of hydrogen-bond acceptors (Lipinski definition) is 2. The first-order valence-electron chi connectivity index (χ1n) is 4.64. The Morgan fingerprint density at radius 1 is 1.40 bits per heavy atom. The molecular weight excluding hydrogens is 192 g/mol. The third-order valence-electron chi connectivity index (χ3n) is 1.97. The molecule has 1 aromatic rings. The van der Waals surface area contributed by atoms with Crippen LogP contribution in [0.4, 0.5) is 0 Å². The second-order valence-electron chi connectivity index (χ2n) is 3.39. The van der Waals surface area contributed by atoms with Gasteiger partial charge in [0.1, 0.15) is 0 Å². The summed E-state index contributed by atoms with van der Waals surface area (Å²) in [5.74, 6) is -1.01. The third kappa shape index (κ3) is 3.95. The van der Waals surface area contributed by atoms with E-state index in [1.807, 2.05) is 31.2 Å². The highest BCUT2D eigenvalue weighted by molar-refractivity contribution is 5.85. The molecule has 0 aliphatic carbocycles. The van der Waals surface area contributed by atoms with Gasteiger partial charge in [-0.2, -0.15) is 0 Å². The molecule has 0 saturated carbocycles. The highest BCUT2D eigenvalue weighted by Crippen LogP contribution is 2.05. The molecule has 0 bridgehead atoms. The molecule has 0 radical (unpaired) electrons. The molecule has 0 amide bonds. The van der Waals surface area contributed by atoms with Crippen LogP contribution in [0, 0.1) is 6.92 Å². The van der Waals surface area contributed by atoms with Crippen molar-refractivity contribution in [2.24, 2.45) is 0 Å². The van der Waals surface area contributed by atoms with Crippen LogP contribution in [0.2, 0.25) is 0 Å². The van der Waals surface area contributed by atoms with Crippen LogP contribution >= 0.6 is 0 Å². The van der Waals surface area contributed by atoms with E-state index in [0.29, 0.717) is 6.61 Å². The van der Waals surface area contributed by atoms with Gasteiger partial charge in [0.15, 0.2) is 0 Å². The fraction of sp³-hybridized carbons (Fsp3) is 0.250. The summed E-state index contributed by atoms with van der Waals surface area (Å²) < 4.78 is 5.20. The van der Waals surface area contributed by atoms with Crippen molar-refractivity contribution in [2.45, 2.75) is 13.5 Å². The highest BCUT2D eigenvalue weighted by Gasteiger charge is 2.03. The summed E-state index contributed by atoms with van der Waals surface area (Å²) in [5, 5.41) is 8.54. The normalized spacial score (nSPS) is 9.93. The van der Waals surface area contributed by atoms with Crippen molar-refractivity contribution in [3.05, 3.63) is 47.5 Å². The largest absolute Gasteiger partial charge is 0.478 e. The van der Waals surface area contributed by atoms with Crippen molar-refractivity contribution < 1.29 is 14.6 Å².